The van der Waals surface area contributed by atoms with Gasteiger partial charge in [0.25, 0.3) is 7.42 Å². The number of alkyl halides is 1. The average Bonchev–Trinajstić information content (AvgIpc) is 2.05. The molecule has 1 aromatic carbocycles. The summed E-state index contributed by atoms with van der Waals surface area (Å²) in [6, 6.07) is 9.65. The second-order valence-electron chi connectivity index (χ2n) is 2.15. The van der Waals surface area contributed by atoms with Gasteiger partial charge in [0.1, 0.15) is 0 Å². The van der Waals surface area contributed by atoms with E-state index in [1.54, 1.807) is 0 Å². The molecule has 0 aliphatic heterocycles. The number of hydrogen-bond donors (Lipinski definition) is 0. The third kappa shape index (κ3) is 2.67. The predicted octanol–water partition coefficient (Wildman–Crippen LogP) is 3.20. The molecule has 1 unspecified atom stereocenters. The molecule has 0 aliphatic rings. The van der Waals surface area contributed by atoms with E-state index in [9.17, 15) is 0 Å². The van der Waals surface area contributed by atoms with E-state index in [1.807, 2.05) is 30.3 Å². The number of hydrogen-bond acceptors (Lipinski definition) is 0. The molecule has 0 nitrogen and oxygen atoms in total. The average molecular weight is 226 g/mol. The van der Waals surface area contributed by atoms with Crippen LogP contribution in [0.2, 0.25) is 0 Å². The highest BCUT2D eigenvalue weighted by atomic mass is 35.7. The fourth-order valence-electron chi connectivity index (χ4n) is 0.782. The summed E-state index contributed by atoms with van der Waals surface area (Å²) in [6.07, 6.45) is 0. The van der Waals surface area contributed by atoms with E-state index in [4.69, 9.17) is 33.8 Å². The van der Waals surface area contributed by atoms with Gasteiger partial charge in [-0.15, -0.1) is 33.8 Å². The Labute approximate surface area is 82.1 Å². The van der Waals surface area contributed by atoms with Gasteiger partial charge < -0.3 is 0 Å². The van der Waals surface area contributed by atoms with Gasteiger partial charge in [0.15, 0.2) is 0 Å². The van der Waals surface area contributed by atoms with Crippen molar-refractivity contribution in [2.45, 2.75) is 5.00 Å². The van der Waals surface area contributed by atoms with Crippen molar-refractivity contribution in [3.05, 3.63) is 35.9 Å². The van der Waals surface area contributed by atoms with Crippen molar-refractivity contribution in [2.24, 2.45) is 0 Å². The van der Waals surface area contributed by atoms with Gasteiger partial charge in [-0.25, -0.2) is 0 Å². The first-order valence-electron chi connectivity index (χ1n) is 3.19. The zero-order valence-electron chi connectivity index (χ0n) is 5.68. The van der Waals surface area contributed by atoms with Crippen molar-refractivity contribution < 1.29 is 0 Å². The van der Waals surface area contributed by atoms with Crippen LogP contribution < -0.4 is 0 Å². The van der Waals surface area contributed by atoms with Crippen molar-refractivity contribution in [3.63, 3.8) is 0 Å². The summed E-state index contributed by atoms with van der Waals surface area (Å²) in [5.41, 5.74) is 1.01. The quantitative estimate of drug-likeness (QED) is 0.412. The minimum atomic E-state index is -1.78. The minimum absolute atomic E-state index is 0.181. The van der Waals surface area contributed by atoms with Crippen LogP contribution in [0.4, 0.5) is 0 Å². The first-order valence-corrected chi connectivity index (χ1v) is 7.78. The molecular weight excluding hydrogens is 219 g/mol. The smallest absolute Gasteiger partial charge is 0.148 e. The second-order valence-corrected chi connectivity index (χ2v) is 7.87. The molecule has 0 radical (unpaired) electrons. The topological polar surface area (TPSA) is 0 Å². The van der Waals surface area contributed by atoms with Crippen molar-refractivity contribution in [1.82, 2.24) is 0 Å². The number of rotatable bonds is 2. The van der Waals surface area contributed by atoms with Crippen LogP contribution in [0.25, 0.3) is 0 Å². The lowest BCUT2D eigenvalue weighted by atomic mass is 10.2. The van der Waals surface area contributed by atoms with E-state index in [0.29, 0.717) is 0 Å². The van der Waals surface area contributed by atoms with Crippen LogP contribution in [-0.2, 0) is 0 Å². The van der Waals surface area contributed by atoms with Crippen LogP contribution in [0, 0.1) is 0 Å². The lowest BCUT2D eigenvalue weighted by molar-refractivity contribution is 1.34. The molecule has 0 spiro atoms. The molecule has 4 heteroatoms. The van der Waals surface area contributed by atoms with Gasteiger partial charge >= 0.3 is 0 Å². The van der Waals surface area contributed by atoms with Gasteiger partial charge in [-0.2, -0.15) is 0 Å². The lowest BCUT2D eigenvalue weighted by Gasteiger charge is -2.07. The van der Waals surface area contributed by atoms with Gasteiger partial charge in [0, 0.05) is 0 Å². The summed E-state index contributed by atoms with van der Waals surface area (Å²) in [5, 5.41) is -0.181. The summed E-state index contributed by atoms with van der Waals surface area (Å²) in [4.78, 5) is 0. The van der Waals surface area contributed by atoms with E-state index in [2.05, 4.69) is 0 Å². The van der Waals surface area contributed by atoms with Crippen molar-refractivity contribution in [3.8, 4) is 0 Å². The van der Waals surface area contributed by atoms with Gasteiger partial charge in [-0.1, -0.05) is 30.3 Å². The summed E-state index contributed by atoms with van der Waals surface area (Å²) in [6.45, 7) is 0. The van der Waals surface area contributed by atoms with E-state index < -0.39 is 7.42 Å². The maximum atomic E-state index is 5.94. The summed E-state index contributed by atoms with van der Waals surface area (Å²) >= 11 is 17.4. The van der Waals surface area contributed by atoms with Crippen LogP contribution in [0.1, 0.15) is 10.6 Å². The zero-order chi connectivity index (χ0) is 8.27. The Balaban J connectivity index is 2.77. The third-order valence-electron chi connectivity index (χ3n) is 1.34. The molecule has 0 saturated carbocycles. The Morgan fingerprint density at radius 2 is 1.64 bits per heavy atom. The molecule has 60 valence electrons. The van der Waals surface area contributed by atoms with Crippen LogP contribution in [0.3, 0.4) is 0 Å². The normalized spacial score (nSPS) is 13.5. The molecular formula is C7H7Cl3Si. The molecule has 11 heavy (non-hydrogen) atoms. The molecule has 1 aromatic rings. The van der Waals surface area contributed by atoms with Crippen molar-refractivity contribution in [1.29, 1.82) is 0 Å². The van der Waals surface area contributed by atoms with Gasteiger partial charge in [0.05, 0.1) is 5.00 Å². The largest absolute Gasteiger partial charge is 0.258 e. The molecule has 0 heterocycles. The highest BCUT2D eigenvalue weighted by molar-refractivity contribution is 7.35. The molecule has 0 aromatic heterocycles. The first kappa shape index (κ1) is 9.40. The second kappa shape index (κ2) is 4.36. The molecule has 0 aliphatic carbocycles. The van der Waals surface area contributed by atoms with Gasteiger partial charge in [-0.3, -0.25) is 0 Å². The molecule has 1 atom stereocenters. The molecule has 0 amide bonds. The summed E-state index contributed by atoms with van der Waals surface area (Å²) in [5.74, 6) is 0. The number of benzene rings is 1. The van der Waals surface area contributed by atoms with E-state index in [-0.39, 0.29) is 5.00 Å². The van der Waals surface area contributed by atoms with E-state index in [1.165, 1.54) is 0 Å². The minimum Gasteiger partial charge on any atom is -0.148 e. The van der Waals surface area contributed by atoms with Gasteiger partial charge in [0.2, 0.25) is 0 Å². The SMILES string of the molecule is ClC(c1ccccc1)[SiH](Cl)Cl. The lowest BCUT2D eigenvalue weighted by Crippen LogP contribution is -2.04. The van der Waals surface area contributed by atoms with E-state index >= 15 is 0 Å². The van der Waals surface area contributed by atoms with Crippen LogP contribution in [0.5, 0.6) is 0 Å². The maximum Gasteiger partial charge on any atom is 0.258 e. The van der Waals surface area contributed by atoms with Crippen LogP contribution >= 0.6 is 33.8 Å². The summed E-state index contributed by atoms with van der Waals surface area (Å²) in [7, 11) is -1.78. The van der Waals surface area contributed by atoms with Crippen molar-refractivity contribution in [2.75, 3.05) is 0 Å². The molecule has 0 N–H and O–H groups in total. The number of halogens is 3. The Morgan fingerprint density at radius 1 is 1.09 bits per heavy atom. The standard InChI is InChI=1S/C7H7Cl3Si/c8-7(11(9)10)6-4-2-1-3-5-6/h1-5,7,11H. The monoisotopic (exact) mass is 224 g/mol. The van der Waals surface area contributed by atoms with Gasteiger partial charge in [-0.05, 0) is 5.56 Å². The summed E-state index contributed by atoms with van der Waals surface area (Å²) < 4.78 is 0. The molecule has 1 rings (SSSR count). The fraction of sp³-hybridized carbons (Fsp3) is 0.143. The Hall–Kier alpha value is 0.307. The first-order chi connectivity index (χ1) is 5.22. The highest BCUT2D eigenvalue weighted by Gasteiger charge is 2.17. The Morgan fingerprint density at radius 3 is 2.09 bits per heavy atom. The van der Waals surface area contributed by atoms with Crippen LogP contribution in [-0.4, -0.2) is 7.42 Å². The van der Waals surface area contributed by atoms with Crippen LogP contribution in [0.15, 0.2) is 30.3 Å². The molecule has 0 bridgehead atoms. The Kier molecular flexibility index (Phi) is 3.73. The highest BCUT2D eigenvalue weighted by Crippen LogP contribution is 2.26. The van der Waals surface area contributed by atoms with Crippen molar-refractivity contribution >= 4 is 41.2 Å². The maximum absolute atomic E-state index is 5.94. The molecule has 0 fully saturated rings. The fourth-order valence-corrected chi connectivity index (χ4v) is 2.31. The molecule has 0 saturated heterocycles. The van der Waals surface area contributed by atoms with E-state index in [0.717, 1.165) is 5.56 Å². The predicted molar refractivity (Wildman–Crippen MR) is 53.9 cm³/mol. The zero-order valence-corrected chi connectivity index (χ0v) is 9.10. The Bertz CT molecular complexity index is 212. The third-order valence-corrected chi connectivity index (χ3v) is 5.46.